The summed E-state index contributed by atoms with van der Waals surface area (Å²) in [6, 6.07) is 5.58. The van der Waals surface area contributed by atoms with E-state index >= 15 is 0 Å². The third-order valence-corrected chi connectivity index (χ3v) is 3.52. The van der Waals surface area contributed by atoms with Crippen molar-refractivity contribution in [3.63, 3.8) is 0 Å². The van der Waals surface area contributed by atoms with E-state index in [4.69, 9.17) is 9.84 Å². The fraction of sp³-hybridized carbons (Fsp3) is 0.467. The second kappa shape index (κ2) is 7.06. The zero-order valence-electron chi connectivity index (χ0n) is 11.6. The summed E-state index contributed by atoms with van der Waals surface area (Å²) in [5, 5.41) is 8.99. The number of ether oxygens (including phenoxy) is 1. The Morgan fingerprint density at radius 2 is 2.05 bits per heavy atom. The van der Waals surface area contributed by atoms with Crippen molar-refractivity contribution < 1.29 is 23.8 Å². The van der Waals surface area contributed by atoms with Crippen LogP contribution in [0.1, 0.15) is 19.3 Å². The molecule has 1 fully saturated rings. The summed E-state index contributed by atoms with van der Waals surface area (Å²) in [5.41, 5.74) is 0. The number of hydrogen-bond acceptors (Lipinski definition) is 3. The molecule has 1 atom stereocenters. The maximum absolute atomic E-state index is 12.7. The Morgan fingerprint density at radius 3 is 2.71 bits per heavy atom. The van der Waals surface area contributed by atoms with Crippen molar-refractivity contribution in [2.24, 2.45) is 5.92 Å². The predicted molar refractivity (Wildman–Crippen MR) is 73.5 cm³/mol. The van der Waals surface area contributed by atoms with E-state index in [0.29, 0.717) is 25.1 Å². The molecule has 0 aromatic heterocycles. The molecule has 1 aliphatic heterocycles. The number of likely N-dealkylation sites (tertiary alicyclic amines) is 1. The maximum atomic E-state index is 12.7. The molecule has 0 radical (unpaired) electrons. The molecule has 0 bridgehead atoms. The third kappa shape index (κ3) is 4.44. The van der Waals surface area contributed by atoms with E-state index in [-0.39, 0.29) is 31.3 Å². The first-order valence-electron chi connectivity index (χ1n) is 6.95. The fourth-order valence-electron chi connectivity index (χ4n) is 2.35. The molecule has 1 saturated heterocycles. The van der Waals surface area contributed by atoms with Gasteiger partial charge in [0.2, 0.25) is 5.91 Å². The zero-order chi connectivity index (χ0) is 15.2. The van der Waals surface area contributed by atoms with E-state index in [1.807, 2.05) is 0 Å². The van der Waals surface area contributed by atoms with Crippen LogP contribution in [-0.2, 0) is 9.59 Å². The maximum Gasteiger partial charge on any atom is 0.308 e. The summed E-state index contributed by atoms with van der Waals surface area (Å²) in [7, 11) is 0. The lowest BCUT2D eigenvalue weighted by Gasteiger charge is -2.30. The molecule has 1 N–H and O–H groups in total. The first kappa shape index (κ1) is 15.3. The van der Waals surface area contributed by atoms with Gasteiger partial charge < -0.3 is 14.7 Å². The van der Waals surface area contributed by atoms with Crippen LogP contribution in [-0.4, -0.2) is 41.6 Å². The second-order valence-corrected chi connectivity index (χ2v) is 5.07. The van der Waals surface area contributed by atoms with Crippen LogP contribution >= 0.6 is 0 Å². The lowest BCUT2D eigenvalue weighted by Crippen LogP contribution is -2.42. The Kier molecular flexibility index (Phi) is 5.14. The Bertz CT molecular complexity index is 503. The number of carbonyl (C=O) groups is 2. The van der Waals surface area contributed by atoms with Crippen LogP contribution < -0.4 is 4.74 Å². The molecule has 1 aromatic carbocycles. The number of aliphatic carboxylic acids is 1. The van der Waals surface area contributed by atoms with Crippen LogP contribution in [0.2, 0.25) is 0 Å². The summed E-state index contributed by atoms with van der Waals surface area (Å²) < 4.78 is 18.1. The van der Waals surface area contributed by atoms with Crippen molar-refractivity contribution in [3.05, 3.63) is 30.1 Å². The Balaban J connectivity index is 1.76. The van der Waals surface area contributed by atoms with Crippen LogP contribution in [0.4, 0.5) is 4.39 Å². The lowest BCUT2D eigenvalue weighted by atomic mass is 9.98. The molecule has 6 heteroatoms. The van der Waals surface area contributed by atoms with Gasteiger partial charge in [-0.1, -0.05) is 0 Å². The van der Waals surface area contributed by atoms with Crippen LogP contribution in [0.15, 0.2) is 24.3 Å². The van der Waals surface area contributed by atoms with Gasteiger partial charge in [0.1, 0.15) is 11.6 Å². The molecule has 1 amide bonds. The van der Waals surface area contributed by atoms with Crippen molar-refractivity contribution in [3.8, 4) is 5.75 Å². The van der Waals surface area contributed by atoms with Crippen molar-refractivity contribution in [1.29, 1.82) is 0 Å². The molecule has 2 rings (SSSR count). The minimum absolute atomic E-state index is 0.108. The molecule has 5 nitrogen and oxygen atoms in total. The van der Waals surface area contributed by atoms with E-state index in [1.165, 1.54) is 24.3 Å². The fourth-order valence-corrected chi connectivity index (χ4v) is 2.35. The molecule has 0 aliphatic carbocycles. The Labute approximate surface area is 122 Å². The molecule has 0 unspecified atom stereocenters. The molecule has 0 saturated carbocycles. The lowest BCUT2D eigenvalue weighted by molar-refractivity contribution is -0.145. The molecule has 114 valence electrons. The number of benzene rings is 1. The summed E-state index contributed by atoms with van der Waals surface area (Å²) in [6.07, 6.45) is 1.51. The van der Waals surface area contributed by atoms with Crippen LogP contribution in [0, 0.1) is 11.7 Å². The average Bonchev–Trinajstić information content (AvgIpc) is 2.49. The standard InChI is InChI=1S/C15H18FNO4/c16-12-3-5-13(6-4-12)21-9-7-14(18)17-8-1-2-11(10-17)15(19)20/h3-6,11H,1-2,7-10H2,(H,19,20)/t11-/m1/s1. The number of amides is 1. The van der Waals surface area contributed by atoms with E-state index in [1.54, 1.807) is 4.90 Å². The highest BCUT2D eigenvalue weighted by Gasteiger charge is 2.27. The number of nitrogens with zero attached hydrogens (tertiary/aromatic N) is 1. The van der Waals surface area contributed by atoms with Gasteiger partial charge in [-0.2, -0.15) is 0 Å². The first-order chi connectivity index (χ1) is 10.1. The van der Waals surface area contributed by atoms with E-state index in [2.05, 4.69) is 0 Å². The molecule has 1 aromatic rings. The SMILES string of the molecule is O=C(O)[C@@H]1CCCN(C(=O)CCOc2ccc(F)cc2)C1. The third-order valence-electron chi connectivity index (χ3n) is 3.52. The van der Waals surface area contributed by atoms with Crippen LogP contribution in [0.25, 0.3) is 0 Å². The Hall–Kier alpha value is -2.11. The van der Waals surface area contributed by atoms with Crippen LogP contribution in [0.5, 0.6) is 5.75 Å². The molecule has 21 heavy (non-hydrogen) atoms. The van der Waals surface area contributed by atoms with Gasteiger partial charge in [0.15, 0.2) is 0 Å². The van der Waals surface area contributed by atoms with Gasteiger partial charge in [-0.25, -0.2) is 4.39 Å². The molecular formula is C15H18FNO4. The van der Waals surface area contributed by atoms with Gasteiger partial charge in [0, 0.05) is 13.1 Å². The average molecular weight is 295 g/mol. The largest absolute Gasteiger partial charge is 0.493 e. The smallest absolute Gasteiger partial charge is 0.308 e. The number of carbonyl (C=O) groups excluding carboxylic acids is 1. The van der Waals surface area contributed by atoms with E-state index in [9.17, 15) is 14.0 Å². The number of rotatable bonds is 5. The highest BCUT2D eigenvalue weighted by molar-refractivity contribution is 5.78. The minimum Gasteiger partial charge on any atom is -0.493 e. The predicted octanol–water partition coefficient (Wildman–Crippen LogP) is 1.92. The molecule has 1 heterocycles. The zero-order valence-corrected chi connectivity index (χ0v) is 11.6. The van der Waals surface area contributed by atoms with Crippen molar-refractivity contribution in [1.82, 2.24) is 4.90 Å². The van der Waals surface area contributed by atoms with Gasteiger partial charge in [-0.3, -0.25) is 9.59 Å². The van der Waals surface area contributed by atoms with E-state index < -0.39 is 11.9 Å². The number of halogens is 1. The number of carboxylic acids is 1. The molecule has 1 aliphatic rings. The summed E-state index contributed by atoms with van der Waals surface area (Å²) in [6.45, 7) is 1.06. The van der Waals surface area contributed by atoms with Gasteiger partial charge >= 0.3 is 5.97 Å². The summed E-state index contributed by atoms with van der Waals surface area (Å²) >= 11 is 0. The highest BCUT2D eigenvalue weighted by atomic mass is 19.1. The normalized spacial score (nSPS) is 18.3. The molecule has 0 spiro atoms. The highest BCUT2D eigenvalue weighted by Crippen LogP contribution is 2.17. The minimum atomic E-state index is -0.852. The Morgan fingerprint density at radius 1 is 1.33 bits per heavy atom. The molecular weight excluding hydrogens is 277 g/mol. The quantitative estimate of drug-likeness (QED) is 0.901. The van der Waals surface area contributed by atoms with Gasteiger partial charge in [-0.05, 0) is 37.1 Å². The number of piperidine rings is 1. The van der Waals surface area contributed by atoms with Gasteiger partial charge in [0.05, 0.1) is 18.9 Å². The monoisotopic (exact) mass is 295 g/mol. The number of hydrogen-bond donors (Lipinski definition) is 1. The van der Waals surface area contributed by atoms with E-state index in [0.717, 1.165) is 0 Å². The van der Waals surface area contributed by atoms with Gasteiger partial charge in [-0.15, -0.1) is 0 Å². The topological polar surface area (TPSA) is 66.8 Å². The summed E-state index contributed by atoms with van der Waals surface area (Å²) in [4.78, 5) is 24.5. The van der Waals surface area contributed by atoms with Crippen molar-refractivity contribution in [2.45, 2.75) is 19.3 Å². The van der Waals surface area contributed by atoms with Crippen molar-refractivity contribution >= 4 is 11.9 Å². The number of carboxylic acid groups (broad SMARTS) is 1. The summed E-state index contributed by atoms with van der Waals surface area (Å²) in [5.74, 6) is -1.27. The van der Waals surface area contributed by atoms with Gasteiger partial charge in [0.25, 0.3) is 0 Å². The van der Waals surface area contributed by atoms with Crippen LogP contribution in [0.3, 0.4) is 0 Å². The van der Waals surface area contributed by atoms with Crippen molar-refractivity contribution in [2.75, 3.05) is 19.7 Å². The second-order valence-electron chi connectivity index (χ2n) is 5.07. The first-order valence-corrected chi connectivity index (χ1v) is 6.95.